The van der Waals surface area contributed by atoms with Gasteiger partial charge < -0.3 is 5.43 Å². The van der Waals surface area contributed by atoms with Crippen LogP contribution in [0.15, 0.2) is 23.1 Å². The molecule has 0 unspecified atom stereocenters. The van der Waals surface area contributed by atoms with Crippen LogP contribution in [-0.2, 0) is 10.0 Å². The fourth-order valence-electron chi connectivity index (χ4n) is 1.31. The molecule has 0 fully saturated rings. The number of nitrogens with two attached hydrogens (primary N) is 1. The number of hydrogen-bond donors (Lipinski definition) is 3. The van der Waals surface area contributed by atoms with Gasteiger partial charge in [0.1, 0.15) is 0 Å². The maximum absolute atomic E-state index is 12.1. The van der Waals surface area contributed by atoms with Gasteiger partial charge in [0.25, 0.3) is 15.7 Å². The van der Waals surface area contributed by atoms with Gasteiger partial charge in [0, 0.05) is 17.6 Å². The maximum atomic E-state index is 12.1. The zero-order valence-corrected chi connectivity index (χ0v) is 11.2. The van der Waals surface area contributed by atoms with Gasteiger partial charge >= 0.3 is 0 Å². The van der Waals surface area contributed by atoms with E-state index >= 15 is 0 Å². The minimum absolute atomic E-state index is 0.106. The van der Waals surface area contributed by atoms with Gasteiger partial charge in [0.15, 0.2) is 4.90 Å². The van der Waals surface area contributed by atoms with Crippen molar-refractivity contribution in [3.8, 4) is 0 Å². The molecule has 0 aliphatic carbocycles. The molecule has 4 N–H and O–H groups in total. The molecule has 106 valence electrons. The number of anilines is 2. The second kappa shape index (κ2) is 5.32. The molecule has 20 heavy (non-hydrogen) atoms. The van der Waals surface area contributed by atoms with Crippen LogP contribution in [0.5, 0.6) is 0 Å². The van der Waals surface area contributed by atoms with E-state index < -0.39 is 25.5 Å². The minimum atomic E-state index is -4.21. The lowest BCUT2D eigenvalue weighted by molar-refractivity contribution is -0.387. The van der Waals surface area contributed by atoms with Gasteiger partial charge in [-0.15, -0.1) is 0 Å². The maximum Gasteiger partial charge on any atom is 0.290 e. The molecule has 0 aliphatic rings. The molecule has 0 spiro atoms. The van der Waals surface area contributed by atoms with Crippen LogP contribution < -0.4 is 16.0 Å². The number of nitro groups is 1. The highest BCUT2D eigenvalue weighted by molar-refractivity contribution is 7.93. The average Bonchev–Trinajstić information content (AvgIpc) is 2.90. The van der Waals surface area contributed by atoms with Crippen LogP contribution in [0.25, 0.3) is 0 Å². The first-order valence-corrected chi connectivity index (χ1v) is 7.12. The molecule has 1 aromatic heterocycles. The number of sulfonamides is 1. The lowest BCUT2D eigenvalue weighted by Crippen LogP contribution is -2.16. The van der Waals surface area contributed by atoms with E-state index in [0.29, 0.717) is 11.5 Å². The second-order valence-electron chi connectivity index (χ2n) is 3.36. The molecule has 0 atom stereocenters. The van der Waals surface area contributed by atoms with E-state index in [1.165, 1.54) is 6.07 Å². The molecule has 0 saturated heterocycles. The van der Waals surface area contributed by atoms with Crippen LogP contribution in [-0.4, -0.2) is 28.1 Å². The van der Waals surface area contributed by atoms with E-state index in [4.69, 9.17) is 5.84 Å². The van der Waals surface area contributed by atoms with Crippen molar-refractivity contribution in [1.29, 1.82) is 0 Å². The molecular formula is C7H7N7O4S2. The Balaban J connectivity index is 2.51. The van der Waals surface area contributed by atoms with Crippen LogP contribution in [0.1, 0.15) is 0 Å². The smallest absolute Gasteiger partial charge is 0.290 e. The molecule has 2 rings (SSSR count). The van der Waals surface area contributed by atoms with Crippen molar-refractivity contribution in [2.45, 2.75) is 4.90 Å². The quantitative estimate of drug-likeness (QED) is 0.388. The third kappa shape index (κ3) is 2.79. The molecule has 0 saturated carbocycles. The summed E-state index contributed by atoms with van der Waals surface area (Å²) in [6.45, 7) is 0. The summed E-state index contributed by atoms with van der Waals surface area (Å²) < 4.78 is 29.7. The number of nitrogen functional groups attached to an aromatic ring is 1. The Kier molecular flexibility index (Phi) is 3.73. The summed E-state index contributed by atoms with van der Waals surface area (Å²) in [5.74, 6) is 5.16. The predicted molar refractivity (Wildman–Crippen MR) is 69.4 cm³/mol. The molecule has 1 heterocycles. The highest BCUT2D eigenvalue weighted by Gasteiger charge is 2.27. The summed E-state index contributed by atoms with van der Waals surface area (Å²) >= 11 is 0.696. The standard InChI is InChI=1S/C7H7N7O4S2/c8-9-4-1-2-5(14(15)16)6(3-4)20(17,18)11-7-10-12-13-19-7/h1-3,9H,8H2,(H,10,11,13). The summed E-state index contributed by atoms with van der Waals surface area (Å²) in [6.07, 6.45) is 0. The number of nitrogens with zero attached hydrogens (tertiary/aromatic N) is 4. The van der Waals surface area contributed by atoms with Crippen molar-refractivity contribution >= 4 is 38.1 Å². The van der Waals surface area contributed by atoms with E-state index in [0.717, 1.165) is 12.1 Å². The highest BCUT2D eigenvalue weighted by Crippen LogP contribution is 2.28. The summed E-state index contributed by atoms with van der Waals surface area (Å²) in [4.78, 5) is 9.53. The van der Waals surface area contributed by atoms with Gasteiger partial charge in [-0.2, -0.15) is 0 Å². The topological polar surface area (TPSA) is 166 Å². The highest BCUT2D eigenvalue weighted by atomic mass is 32.2. The average molecular weight is 317 g/mol. The van der Waals surface area contributed by atoms with Gasteiger partial charge in [-0.05, 0) is 17.3 Å². The normalized spacial score (nSPS) is 11.1. The number of aromatic nitrogens is 3. The molecule has 13 heteroatoms. The summed E-state index contributed by atoms with van der Waals surface area (Å²) in [5, 5.41) is 17.4. The number of hydrogen-bond acceptors (Lipinski definition) is 10. The van der Waals surface area contributed by atoms with Gasteiger partial charge in [-0.25, -0.2) is 8.42 Å². The van der Waals surface area contributed by atoms with Crippen LogP contribution in [0.3, 0.4) is 0 Å². The molecule has 11 nitrogen and oxygen atoms in total. The lowest BCUT2D eigenvalue weighted by atomic mass is 10.3. The SMILES string of the molecule is NNc1ccc([N+](=O)[O-])c(S(=O)(=O)Nc2nnns2)c1. The van der Waals surface area contributed by atoms with E-state index in [1.54, 1.807) is 0 Å². The van der Waals surface area contributed by atoms with E-state index in [2.05, 4.69) is 20.2 Å². The monoisotopic (exact) mass is 317 g/mol. The molecular weight excluding hydrogens is 310 g/mol. The largest absolute Gasteiger partial charge is 0.324 e. The molecule has 0 aliphatic heterocycles. The first-order chi connectivity index (χ1) is 9.44. The molecule has 0 amide bonds. The molecule has 1 aromatic carbocycles. The third-order valence-corrected chi connectivity index (χ3v) is 4.14. The van der Waals surface area contributed by atoms with E-state index in [1.807, 2.05) is 4.72 Å². The minimum Gasteiger partial charge on any atom is -0.324 e. The predicted octanol–water partition coefficient (Wildman–Crippen LogP) is -0.0723. The first-order valence-electron chi connectivity index (χ1n) is 4.87. The zero-order chi connectivity index (χ0) is 14.8. The summed E-state index contributed by atoms with van der Waals surface area (Å²) in [6, 6.07) is 3.35. The van der Waals surface area contributed by atoms with Gasteiger partial charge in [-0.3, -0.25) is 20.7 Å². The Labute approximate surface area is 116 Å². The van der Waals surface area contributed by atoms with Crippen LogP contribution >= 0.6 is 11.5 Å². The fraction of sp³-hybridized carbons (Fsp3) is 0. The summed E-state index contributed by atoms with van der Waals surface area (Å²) in [7, 11) is -4.21. The number of hydrazine groups is 1. The van der Waals surface area contributed by atoms with Crippen molar-refractivity contribution in [2.75, 3.05) is 10.1 Å². The van der Waals surface area contributed by atoms with Crippen LogP contribution in [0.4, 0.5) is 16.5 Å². The van der Waals surface area contributed by atoms with Crippen molar-refractivity contribution in [1.82, 2.24) is 14.8 Å². The van der Waals surface area contributed by atoms with Gasteiger partial charge in [0.2, 0.25) is 5.13 Å². The van der Waals surface area contributed by atoms with Crippen molar-refractivity contribution in [3.63, 3.8) is 0 Å². The Morgan fingerprint density at radius 1 is 1.40 bits per heavy atom. The fourth-order valence-corrected chi connectivity index (χ4v) is 3.10. The van der Waals surface area contributed by atoms with Gasteiger partial charge in [-0.1, -0.05) is 9.59 Å². The zero-order valence-electron chi connectivity index (χ0n) is 9.55. The second-order valence-corrected chi connectivity index (χ2v) is 5.74. The third-order valence-electron chi connectivity index (χ3n) is 2.13. The first kappa shape index (κ1) is 14.0. The van der Waals surface area contributed by atoms with E-state index in [-0.39, 0.29) is 10.8 Å². The Bertz CT molecular complexity index is 730. The molecule has 0 radical (unpaired) electrons. The molecule has 2 aromatic rings. The van der Waals surface area contributed by atoms with Crippen LogP contribution in [0, 0.1) is 10.1 Å². The van der Waals surface area contributed by atoms with Crippen molar-refractivity contribution < 1.29 is 13.3 Å². The Morgan fingerprint density at radius 2 is 2.15 bits per heavy atom. The Hall–Kier alpha value is -2.38. The lowest BCUT2D eigenvalue weighted by Gasteiger charge is -2.07. The molecule has 0 bridgehead atoms. The van der Waals surface area contributed by atoms with E-state index in [9.17, 15) is 18.5 Å². The number of nitrogens with one attached hydrogen (secondary N) is 2. The summed E-state index contributed by atoms with van der Waals surface area (Å²) in [5.41, 5.74) is 1.82. The van der Waals surface area contributed by atoms with Crippen molar-refractivity contribution in [3.05, 3.63) is 28.3 Å². The van der Waals surface area contributed by atoms with Gasteiger partial charge in [0.05, 0.1) is 10.6 Å². The number of rotatable bonds is 5. The van der Waals surface area contributed by atoms with Crippen molar-refractivity contribution in [2.24, 2.45) is 5.84 Å². The van der Waals surface area contributed by atoms with Crippen LogP contribution in [0.2, 0.25) is 0 Å². The number of nitro benzene ring substituents is 1. The number of benzene rings is 1. The Morgan fingerprint density at radius 3 is 2.70 bits per heavy atom.